The van der Waals surface area contributed by atoms with Crippen molar-refractivity contribution in [1.82, 2.24) is 10.6 Å². The van der Waals surface area contributed by atoms with E-state index in [9.17, 15) is 4.79 Å². The van der Waals surface area contributed by atoms with Crippen LogP contribution in [0.5, 0.6) is 0 Å². The van der Waals surface area contributed by atoms with Crippen LogP contribution in [0.3, 0.4) is 0 Å². The first-order chi connectivity index (χ1) is 12.8. The molecule has 0 spiro atoms. The summed E-state index contributed by atoms with van der Waals surface area (Å²) in [5, 5.41) is 6.87. The van der Waals surface area contributed by atoms with Crippen molar-refractivity contribution in [2.45, 2.75) is 84.2 Å². The molecule has 1 fully saturated rings. The first kappa shape index (κ1) is 27.4. The van der Waals surface area contributed by atoms with Gasteiger partial charge in [0.2, 0.25) is 0 Å². The second-order valence-corrected chi connectivity index (χ2v) is 8.70. The quantitative estimate of drug-likeness (QED) is 0.135. The van der Waals surface area contributed by atoms with Gasteiger partial charge in [0.05, 0.1) is 0 Å². The number of nitrogens with one attached hydrogen (secondary N) is 2. The largest absolute Gasteiger partial charge is 0.460 e. The van der Waals surface area contributed by atoms with Crippen molar-refractivity contribution in [3.05, 3.63) is 0 Å². The van der Waals surface area contributed by atoms with Crippen LogP contribution in [0.4, 0.5) is 0 Å². The van der Waals surface area contributed by atoms with Gasteiger partial charge in [-0.05, 0) is 58.3 Å². The lowest BCUT2D eigenvalue weighted by Gasteiger charge is -2.42. The molecule has 2 N–H and O–H groups in total. The Hall–Kier alpha value is -0.570. The third-order valence-electron chi connectivity index (χ3n) is 5.13. The zero-order valence-electron chi connectivity index (χ0n) is 18.6. The molecule has 0 aromatic heterocycles. The average molecular weight is 511 g/mol. The number of carbonyl (C=O) groups excluding carboxylic acids is 1. The van der Waals surface area contributed by atoms with Gasteiger partial charge in [-0.3, -0.25) is 9.79 Å². The smallest absolute Gasteiger partial charge is 0.306 e. The topological polar surface area (TPSA) is 72.0 Å². The molecule has 1 aliphatic rings. The Morgan fingerprint density at radius 1 is 1.11 bits per heavy atom. The molecule has 6 nitrogen and oxygen atoms in total. The van der Waals surface area contributed by atoms with E-state index in [-0.39, 0.29) is 35.5 Å². The van der Waals surface area contributed by atoms with Gasteiger partial charge < -0.3 is 20.1 Å². The molecule has 0 unspecified atom stereocenters. The monoisotopic (exact) mass is 511 g/mol. The summed E-state index contributed by atoms with van der Waals surface area (Å²) in [6.45, 7) is 8.41. The molecule has 166 valence electrons. The summed E-state index contributed by atoms with van der Waals surface area (Å²) in [6.07, 6.45) is 9.62. The third-order valence-corrected chi connectivity index (χ3v) is 5.13. The van der Waals surface area contributed by atoms with Crippen LogP contribution in [-0.2, 0) is 14.3 Å². The number of guanidine groups is 1. The van der Waals surface area contributed by atoms with Crippen LogP contribution < -0.4 is 10.6 Å². The van der Waals surface area contributed by atoms with E-state index in [1.165, 1.54) is 19.3 Å². The van der Waals surface area contributed by atoms with Gasteiger partial charge in [0.1, 0.15) is 5.60 Å². The highest BCUT2D eigenvalue weighted by atomic mass is 127. The minimum absolute atomic E-state index is 0. The number of nitrogens with zero attached hydrogens (tertiary/aromatic N) is 1. The molecule has 0 aliphatic heterocycles. The Morgan fingerprint density at radius 2 is 1.79 bits per heavy atom. The number of aliphatic imine (C=N–C) groups is 1. The molecule has 0 heterocycles. The van der Waals surface area contributed by atoms with E-state index >= 15 is 0 Å². The van der Waals surface area contributed by atoms with Gasteiger partial charge in [-0.15, -0.1) is 24.0 Å². The predicted octanol–water partition coefficient (Wildman–Crippen LogP) is 4.27. The van der Waals surface area contributed by atoms with Gasteiger partial charge in [-0.25, -0.2) is 0 Å². The zero-order chi connectivity index (χ0) is 20.2. The average Bonchev–Trinajstić information content (AvgIpc) is 2.56. The van der Waals surface area contributed by atoms with Gasteiger partial charge in [-0.1, -0.05) is 19.3 Å². The molecule has 0 amide bonds. The van der Waals surface area contributed by atoms with Crippen molar-refractivity contribution in [3.63, 3.8) is 0 Å². The fourth-order valence-corrected chi connectivity index (χ4v) is 3.35. The molecule has 1 aliphatic carbocycles. The van der Waals surface area contributed by atoms with Gasteiger partial charge in [0, 0.05) is 40.3 Å². The van der Waals surface area contributed by atoms with Crippen molar-refractivity contribution in [1.29, 1.82) is 0 Å². The summed E-state index contributed by atoms with van der Waals surface area (Å²) >= 11 is 0. The number of hydrogen-bond donors (Lipinski definition) is 2. The van der Waals surface area contributed by atoms with E-state index in [1.807, 2.05) is 27.8 Å². The van der Waals surface area contributed by atoms with Crippen molar-refractivity contribution in [2.24, 2.45) is 10.4 Å². The molecular formula is C21H42IN3O3. The maximum absolute atomic E-state index is 11.7. The highest BCUT2D eigenvalue weighted by molar-refractivity contribution is 14.0. The third kappa shape index (κ3) is 12.1. The number of carbonyl (C=O) groups is 1. The molecule has 0 radical (unpaired) electrons. The Morgan fingerprint density at radius 3 is 2.32 bits per heavy atom. The lowest BCUT2D eigenvalue weighted by atomic mass is 9.67. The molecule has 0 bridgehead atoms. The van der Waals surface area contributed by atoms with Crippen LogP contribution in [-0.4, -0.2) is 51.4 Å². The number of unbranched alkanes of at least 4 members (excludes halogenated alkanes) is 3. The lowest BCUT2D eigenvalue weighted by molar-refractivity contribution is -0.154. The first-order valence-electron chi connectivity index (χ1n) is 10.5. The zero-order valence-corrected chi connectivity index (χ0v) is 20.9. The standard InChI is InChI=1S/C21H41N3O3.HI/c1-20(2,3)27-18(25)11-8-6-7-9-15-23-19(22-4)24-17-21(12-10-13-21)14-16-26-5;/h6-17H2,1-5H3,(H2,22,23,24);1H. The SMILES string of the molecule is CN=C(NCCCCCCC(=O)OC(C)(C)C)NCC1(CCOC)CCC1.I. The van der Waals surface area contributed by atoms with Crippen molar-refractivity contribution < 1.29 is 14.3 Å². The predicted molar refractivity (Wildman–Crippen MR) is 126 cm³/mol. The second-order valence-electron chi connectivity index (χ2n) is 8.70. The van der Waals surface area contributed by atoms with Crippen molar-refractivity contribution in [3.8, 4) is 0 Å². The number of ether oxygens (including phenoxy) is 2. The van der Waals surface area contributed by atoms with E-state index in [4.69, 9.17) is 9.47 Å². The second kappa shape index (κ2) is 14.4. The summed E-state index contributed by atoms with van der Waals surface area (Å²) in [5.74, 6) is 0.788. The molecule has 28 heavy (non-hydrogen) atoms. The van der Waals surface area contributed by atoms with Crippen molar-refractivity contribution in [2.75, 3.05) is 33.9 Å². The lowest BCUT2D eigenvalue weighted by Crippen LogP contribution is -2.47. The maximum atomic E-state index is 11.7. The number of methoxy groups -OCH3 is 1. The number of hydrogen-bond acceptors (Lipinski definition) is 4. The Balaban J connectivity index is 0.00000729. The van der Waals surface area contributed by atoms with Crippen LogP contribution in [0.2, 0.25) is 0 Å². The molecule has 0 aromatic carbocycles. The van der Waals surface area contributed by atoms with Crippen LogP contribution in [0, 0.1) is 5.41 Å². The summed E-state index contributed by atoms with van der Waals surface area (Å²) in [4.78, 5) is 16.0. The minimum atomic E-state index is -0.383. The van der Waals surface area contributed by atoms with E-state index < -0.39 is 0 Å². The fourth-order valence-electron chi connectivity index (χ4n) is 3.35. The van der Waals surface area contributed by atoms with Crippen LogP contribution in [0.25, 0.3) is 0 Å². The maximum Gasteiger partial charge on any atom is 0.306 e. The summed E-state index contributed by atoms with van der Waals surface area (Å²) in [6, 6.07) is 0. The van der Waals surface area contributed by atoms with Gasteiger partial charge in [0.15, 0.2) is 5.96 Å². The highest BCUT2D eigenvalue weighted by Crippen LogP contribution is 2.43. The van der Waals surface area contributed by atoms with E-state index in [2.05, 4.69) is 15.6 Å². The molecule has 7 heteroatoms. The van der Waals surface area contributed by atoms with Gasteiger partial charge in [-0.2, -0.15) is 0 Å². The summed E-state index contributed by atoms with van der Waals surface area (Å²) in [5.41, 5.74) is 0.000803. The number of rotatable bonds is 12. The van der Waals surface area contributed by atoms with Crippen LogP contribution in [0.1, 0.15) is 78.6 Å². The summed E-state index contributed by atoms with van der Waals surface area (Å²) in [7, 11) is 3.59. The Bertz CT molecular complexity index is 460. The van der Waals surface area contributed by atoms with E-state index in [0.717, 1.165) is 57.8 Å². The number of halogens is 1. The van der Waals surface area contributed by atoms with E-state index in [1.54, 1.807) is 7.11 Å². The molecule has 1 rings (SSSR count). The fraction of sp³-hybridized carbons (Fsp3) is 0.905. The molecule has 1 saturated carbocycles. The minimum Gasteiger partial charge on any atom is -0.460 e. The molecule has 0 atom stereocenters. The van der Waals surface area contributed by atoms with Gasteiger partial charge in [0.25, 0.3) is 0 Å². The Kier molecular flexibility index (Phi) is 14.1. The molecule has 0 aromatic rings. The van der Waals surface area contributed by atoms with Gasteiger partial charge >= 0.3 is 5.97 Å². The Labute approximate surface area is 189 Å². The molecule has 0 saturated heterocycles. The van der Waals surface area contributed by atoms with E-state index in [0.29, 0.717) is 11.8 Å². The van der Waals surface area contributed by atoms with Crippen molar-refractivity contribution >= 4 is 35.9 Å². The first-order valence-corrected chi connectivity index (χ1v) is 10.5. The molecular weight excluding hydrogens is 469 g/mol. The normalized spacial score (nSPS) is 16.0. The summed E-state index contributed by atoms with van der Waals surface area (Å²) < 4.78 is 10.6. The van der Waals surface area contributed by atoms with Crippen LogP contribution in [0.15, 0.2) is 4.99 Å². The van der Waals surface area contributed by atoms with Crippen LogP contribution >= 0.6 is 24.0 Å². The number of esters is 1. The highest BCUT2D eigenvalue weighted by Gasteiger charge is 2.36.